The molecule has 0 radical (unpaired) electrons. The maximum absolute atomic E-state index is 9.90. The summed E-state index contributed by atoms with van der Waals surface area (Å²) in [6.45, 7) is 5.12. The molecule has 2 aliphatic rings. The number of nitrogens with zero attached hydrogens (tertiary/aromatic N) is 1. The summed E-state index contributed by atoms with van der Waals surface area (Å²) in [4.78, 5) is 2.43. The van der Waals surface area contributed by atoms with Gasteiger partial charge in [0.2, 0.25) is 0 Å². The summed E-state index contributed by atoms with van der Waals surface area (Å²) in [6, 6.07) is 7.65. The van der Waals surface area contributed by atoms with Crippen LogP contribution in [0.4, 0.5) is 0 Å². The monoisotopic (exact) mass is 267 g/mol. The summed E-state index contributed by atoms with van der Waals surface area (Å²) < 4.78 is 0. The van der Waals surface area contributed by atoms with Crippen LogP contribution in [-0.4, -0.2) is 23.1 Å². The third-order valence-corrected chi connectivity index (χ3v) is 4.23. The Morgan fingerprint density at radius 3 is 2.95 bits per heavy atom. The lowest BCUT2D eigenvalue weighted by Crippen LogP contribution is -2.31. The molecule has 20 heavy (non-hydrogen) atoms. The van der Waals surface area contributed by atoms with Gasteiger partial charge in [0.1, 0.15) is 5.75 Å². The van der Waals surface area contributed by atoms with Crippen LogP contribution in [-0.2, 0) is 6.54 Å². The van der Waals surface area contributed by atoms with E-state index in [4.69, 9.17) is 0 Å². The molecule has 0 fully saturated rings. The second kappa shape index (κ2) is 5.68. The van der Waals surface area contributed by atoms with Crippen molar-refractivity contribution in [3.8, 4) is 5.75 Å². The first-order chi connectivity index (χ1) is 9.74. The molecule has 0 saturated heterocycles. The van der Waals surface area contributed by atoms with Crippen LogP contribution in [0.1, 0.15) is 25.3 Å². The van der Waals surface area contributed by atoms with Crippen LogP contribution >= 0.6 is 0 Å². The normalized spacial score (nSPS) is 19.6. The van der Waals surface area contributed by atoms with Crippen molar-refractivity contribution in [1.82, 2.24) is 4.90 Å². The van der Waals surface area contributed by atoms with Crippen LogP contribution in [0, 0.1) is 0 Å². The van der Waals surface area contributed by atoms with Gasteiger partial charge < -0.3 is 5.11 Å². The van der Waals surface area contributed by atoms with Crippen molar-refractivity contribution < 1.29 is 5.11 Å². The Balaban J connectivity index is 1.76. The molecule has 2 nitrogen and oxygen atoms in total. The highest BCUT2D eigenvalue weighted by atomic mass is 16.3. The van der Waals surface area contributed by atoms with Gasteiger partial charge in [-0.1, -0.05) is 36.4 Å². The minimum Gasteiger partial charge on any atom is -0.508 e. The minimum absolute atomic E-state index is 0.407. The lowest BCUT2D eigenvalue weighted by molar-refractivity contribution is 0.272. The second-order valence-corrected chi connectivity index (χ2v) is 5.65. The zero-order chi connectivity index (χ0) is 13.9. The Labute approximate surface area is 120 Å². The van der Waals surface area contributed by atoms with Gasteiger partial charge in [0.15, 0.2) is 0 Å². The highest BCUT2D eigenvalue weighted by Gasteiger charge is 2.20. The van der Waals surface area contributed by atoms with Crippen LogP contribution in [0.25, 0.3) is 0 Å². The number of para-hydroxylation sites is 1. The average molecular weight is 267 g/mol. The molecule has 1 aliphatic heterocycles. The number of rotatable bonds is 2. The standard InChI is InChI=1S/C18H21NO/c1-14-6-2-3-7-15-12-19(11-10-17(14)15)13-16-8-4-5-9-18(16)20/h2-6,8-9,20H,7,10-13H2,1H3. The maximum Gasteiger partial charge on any atom is 0.120 e. The van der Waals surface area contributed by atoms with Crippen LogP contribution in [0.5, 0.6) is 5.75 Å². The fourth-order valence-corrected chi connectivity index (χ4v) is 3.10. The molecule has 104 valence electrons. The average Bonchev–Trinajstić information content (AvgIpc) is 2.63. The van der Waals surface area contributed by atoms with Crippen LogP contribution < -0.4 is 0 Å². The predicted octanol–water partition coefficient (Wildman–Crippen LogP) is 3.80. The van der Waals surface area contributed by atoms with E-state index in [2.05, 4.69) is 30.1 Å². The fourth-order valence-electron chi connectivity index (χ4n) is 3.10. The van der Waals surface area contributed by atoms with Gasteiger partial charge in [0, 0.05) is 25.2 Å². The topological polar surface area (TPSA) is 23.5 Å². The number of aromatic hydroxyl groups is 1. The molecule has 1 aromatic carbocycles. The first-order valence-corrected chi connectivity index (χ1v) is 7.28. The van der Waals surface area contributed by atoms with E-state index in [-0.39, 0.29) is 0 Å². The summed E-state index contributed by atoms with van der Waals surface area (Å²) >= 11 is 0. The molecular formula is C18H21NO. The van der Waals surface area contributed by atoms with E-state index in [1.165, 1.54) is 11.1 Å². The molecule has 0 unspecified atom stereocenters. The summed E-state index contributed by atoms with van der Waals surface area (Å²) in [7, 11) is 0. The lowest BCUT2D eigenvalue weighted by Gasteiger charge is -2.31. The zero-order valence-corrected chi connectivity index (χ0v) is 12.0. The molecule has 3 rings (SSSR count). The number of phenolic OH excluding ortho intramolecular Hbond substituents is 1. The molecule has 0 spiro atoms. The van der Waals surface area contributed by atoms with E-state index >= 15 is 0 Å². The van der Waals surface area contributed by atoms with Crippen molar-refractivity contribution in [2.45, 2.75) is 26.3 Å². The quantitative estimate of drug-likeness (QED) is 0.881. The number of hydrogen-bond acceptors (Lipinski definition) is 2. The molecule has 1 N–H and O–H groups in total. The highest BCUT2D eigenvalue weighted by molar-refractivity contribution is 5.41. The van der Waals surface area contributed by atoms with E-state index in [1.807, 2.05) is 18.2 Å². The van der Waals surface area contributed by atoms with Gasteiger partial charge in [-0.3, -0.25) is 4.90 Å². The largest absolute Gasteiger partial charge is 0.508 e. The zero-order valence-electron chi connectivity index (χ0n) is 12.0. The van der Waals surface area contributed by atoms with Gasteiger partial charge in [0.05, 0.1) is 0 Å². The van der Waals surface area contributed by atoms with Gasteiger partial charge in [-0.05, 0) is 42.6 Å². The van der Waals surface area contributed by atoms with Gasteiger partial charge >= 0.3 is 0 Å². The van der Waals surface area contributed by atoms with E-state index in [9.17, 15) is 5.11 Å². The van der Waals surface area contributed by atoms with Crippen LogP contribution in [0.15, 0.2) is 59.2 Å². The van der Waals surface area contributed by atoms with Crippen molar-refractivity contribution in [2.75, 3.05) is 13.1 Å². The van der Waals surface area contributed by atoms with E-state index in [0.29, 0.717) is 5.75 Å². The molecule has 1 heterocycles. The Morgan fingerprint density at radius 2 is 2.10 bits per heavy atom. The highest BCUT2D eigenvalue weighted by Crippen LogP contribution is 2.30. The molecule has 1 aliphatic carbocycles. The Bertz CT molecular complexity index is 595. The van der Waals surface area contributed by atoms with Crippen molar-refractivity contribution in [1.29, 1.82) is 0 Å². The molecule has 0 bridgehead atoms. The Hall–Kier alpha value is -1.80. The van der Waals surface area contributed by atoms with Gasteiger partial charge in [-0.25, -0.2) is 0 Å². The van der Waals surface area contributed by atoms with Gasteiger partial charge in [-0.15, -0.1) is 0 Å². The van der Waals surface area contributed by atoms with Crippen molar-refractivity contribution >= 4 is 0 Å². The molecule has 0 atom stereocenters. The Kier molecular flexibility index (Phi) is 3.75. The third-order valence-electron chi connectivity index (χ3n) is 4.23. The number of phenols is 1. The molecule has 2 heteroatoms. The number of hydrogen-bond donors (Lipinski definition) is 1. The molecule has 0 amide bonds. The van der Waals surface area contributed by atoms with Crippen LogP contribution in [0.2, 0.25) is 0 Å². The first-order valence-electron chi connectivity index (χ1n) is 7.28. The molecular weight excluding hydrogens is 246 g/mol. The summed E-state index contributed by atoms with van der Waals surface area (Å²) in [5.74, 6) is 0.407. The fraction of sp³-hybridized carbons (Fsp3) is 0.333. The predicted molar refractivity (Wildman–Crippen MR) is 82.5 cm³/mol. The minimum atomic E-state index is 0.407. The molecule has 1 aromatic rings. The van der Waals surface area contributed by atoms with E-state index in [0.717, 1.165) is 38.0 Å². The second-order valence-electron chi connectivity index (χ2n) is 5.65. The Morgan fingerprint density at radius 1 is 1.25 bits per heavy atom. The van der Waals surface area contributed by atoms with Crippen molar-refractivity contribution in [2.24, 2.45) is 0 Å². The summed E-state index contributed by atoms with van der Waals surface area (Å²) in [6.07, 6.45) is 8.81. The molecule has 0 saturated carbocycles. The SMILES string of the molecule is CC1=CC=CCC2=C1CCN(Cc1ccccc1O)C2. The number of allylic oxidation sites excluding steroid dienone is 4. The summed E-state index contributed by atoms with van der Waals surface area (Å²) in [5, 5.41) is 9.90. The van der Waals surface area contributed by atoms with E-state index in [1.54, 1.807) is 11.6 Å². The van der Waals surface area contributed by atoms with E-state index < -0.39 is 0 Å². The summed E-state index contributed by atoms with van der Waals surface area (Å²) in [5.41, 5.74) is 5.52. The smallest absolute Gasteiger partial charge is 0.120 e. The van der Waals surface area contributed by atoms with Gasteiger partial charge in [0.25, 0.3) is 0 Å². The number of benzene rings is 1. The van der Waals surface area contributed by atoms with Gasteiger partial charge in [-0.2, -0.15) is 0 Å². The van der Waals surface area contributed by atoms with Crippen molar-refractivity contribution in [3.63, 3.8) is 0 Å². The van der Waals surface area contributed by atoms with Crippen LogP contribution in [0.3, 0.4) is 0 Å². The third kappa shape index (κ3) is 2.70. The molecule has 0 aromatic heterocycles. The maximum atomic E-state index is 9.90. The van der Waals surface area contributed by atoms with Crippen molar-refractivity contribution in [3.05, 3.63) is 64.8 Å². The first kappa shape index (κ1) is 13.2. The lowest BCUT2D eigenvalue weighted by atomic mass is 9.93.